The molecule has 1 amide bonds. The second kappa shape index (κ2) is 7.81. The van der Waals surface area contributed by atoms with Gasteiger partial charge in [-0.1, -0.05) is 23.7 Å². The average Bonchev–Trinajstić information content (AvgIpc) is 2.99. The summed E-state index contributed by atoms with van der Waals surface area (Å²) in [6.07, 6.45) is -0.231. The SMILES string of the molecule is COc1ccc2[nH]c(C(O)c3ccc(Cl)cc3)c(CCNC(C)=O)c2c1. The minimum atomic E-state index is -0.821. The molecule has 6 heteroatoms. The summed E-state index contributed by atoms with van der Waals surface area (Å²) >= 11 is 5.95. The quantitative estimate of drug-likeness (QED) is 0.619. The number of carbonyl (C=O) groups is 1. The molecular weight excluding hydrogens is 352 g/mol. The molecule has 0 aliphatic rings. The van der Waals surface area contributed by atoms with Crippen molar-refractivity contribution in [2.24, 2.45) is 0 Å². The van der Waals surface area contributed by atoms with Crippen molar-refractivity contribution in [3.63, 3.8) is 0 Å². The lowest BCUT2D eigenvalue weighted by Crippen LogP contribution is -2.22. The van der Waals surface area contributed by atoms with Crippen LogP contribution in [0.4, 0.5) is 0 Å². The molecule has 3 rings (SSSR count). The second-order valence-electron chi connectivity index (χ2n) is 6.12. The number of nitrogens with one attached hydrogen (secondary N) is 2. The highest BCUT2D eigenvalue weighted by atomic mass is 35.5. The zero-order chi connectivity index (χ0) is 18.7. The molecule has 1 unspecified atom stereocenters. The predicted octanol–water partition coefficient (Wildman–Crippen LogP) is 3.59. The molecule has 0 spiro atoms. The normalized spacial score (nSPS) is 12.2. The van der Waals surface area contributed by atoms with Gasteiger partial charge in [-0.25, -0.2) is 0 Å². The molecular formula is C20H21ClN2O3. The van der Waals surface area contributed by atoms with Crippen LogP contribution >= 0.6 is 11.6 Å². The maximum absolute atomic E-state index is 11.2. The van der Waals surface area contributed by atoms with E-state index in [4.69, 9.17) is 16.3 Å². The summed E-state index contributed by atoms with van der Waals surface area (Å²) in [7, 11) is 1.62. The largest absolute Gasteiger partial charge is 0.497 e. The van der Waals surface area contributed by atoms with Crippen LogP contribution in [0, 0.1) is 0 Å². The Morgan fingerprint density at radius 3 is 2.65 bits per heavy atom. The first-order valence-electron chi connectivity index (χ1n) is 8.36. The van der Waals surface area contributed by atoms with Crippen LogP contribution in [0.1, 0.15) is 29.8 Å². The monoisotopic (exact) mass is 372 g/mol. The maximum atomic E-state index is 11.2. The van der Waals surface area contributed by atoms with Gasteiger partial charge in [0, 0.05) is 29.4 Å². The lowest BCUT2D eigenvalue weighted by molar-refractivity contribution is -0.118. The lowest BCUT2D eigenvalue weighted by Gasteiger charge is -2.13. The van der Waals surface area contributed by atoms with Gasteiger partial charge in [-0.3, -0.25) is 4.79 Å². The molecule has 0 aliphatic carbocycles. The third kappa shape index (κ3) is 3.84. The van der Waals surface area contributed by atoms with Gasteiger partial charge in [0.05, 0.1) is 12.8 Å². The topological polar surface area (TPSA) is 74.3 Å². The Bertz CT molecular complexity index is 919. The van der Waals surface area contributed by atoms with Gasteiger partial charge >= 0.3 is 0 Å². The van der Waals surface area contributed by atoms with Gasteiger partial charge < -0.3 is 20.1 Å². The summed E-state index contributed by atoms with van der Waals surface area (Å²) in [6.45, 7) is 1.97. The van der Waals surface area contributed by atoms with Gasteiger partial charge in [0.25, 0.3) is 0 Å². The number of fused-ring (bicyclic) bond motifs is 1. The van der Waals surface area contributed by atoms with Crippen LogP contribution < -0.4 is 10.1 Å². The summed E-state index contributed by atoms with van der Waals surface area (Å²) in [5, 5.41) is 15.3. The molecule has 0 saturated carbocycles. The van der Waals surface area contributed by atoms with E-state index in [2.05, 4.69) is 10.3 Å². The molecule has 2 aromatic carbocycles. The van der Waals surface area contributed by atoms with E-state index in [1.807, 2.05) is 18.2 Å². The van der Waals surface area contributed by atoms with Crippen LogP contribution in [0.25, 0.3) is 10.9 Å². The van der Waals surface area contributed by atoms with Crippen LogP contribution in [0.15, 0.2) is 42.5 Å². The van der Waals surface area contributed by atoms with Crippen molar-refractivity contribution in [3.8, 4) is 5.75 Å². The van der Waals surface area contributed by atoms with Crippen molar-refractivity contribution in [2.75, 3.05) is 13.7 Å². The average molecular weight is 373 g/mol. The number of H-pyrrole nitrogens is 1. The number of aromatic amines is 1. The van der Waals surface area contributed by atoms with E-state index in [1.54, 1.807) is 31.4 Å². The fourth-order valence-corrected chi connectivity index (χ4v) is 3.18. The molecule has 136 valence electrons. The highest BCUT2D eigenvalue weighted by Crippen LogP contribution is 2.33. The molecule has 3 N–H and O–H groups in total. The minimum Gasteiger partial charge on any atom is -0.497 e. The molecule has 1 aromatic heterocycles. The number of aromatic nitrogens is 1. The predicted molar refractivity (Wildman–Crippen MR) is 103 cm³/mol. The van der Waals surface area contributed by atoms with Crippen molar-refractivity contribution >= 4 is 28.4 Å². The zero-order valence-electron chi connectivity index (χ0n) is 14.7. The Balaban J connectivity index is 2.04. The number of hydrogen-bond donors (Lipinski definition) is 3. The first-order valence-corrected chi connectivity index (χ1v) is 8.74. The smallest absolute Gasteiger partial charge is 0.216 e. The van der Waals surface area contributed by atoms with E-state index in [9.17, 15) is 9.90 Å². The van der Waals surface area contributed by atoms with Crippen LogP contribution in [0.5, 0.6) is 5.75 Å². The molecule has 0 fully saturated rings. The third-order valence-corrected chi connectivity index (χ3v) is 4.61. The molecule has 1 atom stereocenters. The minimum absolute atomic E-state index is 0.0813. The second-order valence-corrected chi connectivity index (χ2v) is 6.55. The van der Waals surface area contributed by atoms with E-state index in [-0.39, 0.29) is 5.91 Å². The van der Waals surface area contributed by atoms with Gasteiger partial charge in [-0.15, -0.1) is 0 Å². The summed E-state index contributed by atoms with van der Waals surface area (Å²) in [6, 6.07) is 12.8. The number of methoxy groups -OCH3 is 1. The fourth-order valence-electron chi connectivity index (χ4n) is 3.05. The highest BCUT2D eigenvalue weighted by molar-refractivity contribution is 6.30. The Labute approximate surface area is 156 Å². The number of aliphatic hydroxyl groups is 1. The Kier molecular flexibility index (Phi) is 5.49. The molecule has 3 aromatic rings. The molecule has 26 heavy (non-hydrogen) atoms. The number of aliphatic hydroxyl groups excluding tert-OH is 1. The standard InChI is InChI=1S/C20H21ClN2O3/c1-12(24)22-10-9-16-17-11-15(26-2)7-8-18(17)23-19(16)20(25)13-3-5-14(21)6-4-13/h3-8,11,20,23,25H,9-10H2,1-2H3,(H,22,24). The van der Waals surface area contributed by atoms with Crippen molar-refractivity contribution in [2.45, 2.75) is 19.4 Å². The van der Waals surface area contributed by atoms with Crippen molar-refractivity contribution in [3.05, 3.63) is 64.3 Å². The van der Waals surface area contributed by atoms with E-state index in [0.717, 1.165) is 27.8 Å². The van der Waals surface area contributed by atoms with E-state index in [1.165, 1.54) is 6.92 Å². The first kappa shape index (κ1) is 18.3. The van der Waals surface area contributed by atoms with Crippen molar-refractivity contribution < 1.29 is 14.6 Å². The van der Waals surface area contributed by atoms with E-state index in [0.29, 0.717) is 23.7 Å². The lowest BCUT2D eigenvalue weighted by atomic mass is 10.00. The summed E-state index contributed by atoms with van der Waals surface area (Å²) in [5.74, 6) is 0.659. The van der Waals surface area contributed by atoms with Gasteiger partial charge in [-0.05, 0) is 47.9 Å². The summed E-state index contributed by atoms with van der Waals surface area (Å²) in [4.78, 5) is 14.5. The van der Waals surface area contributed by atoms with Gasteiger partial charge in [0.1, 0.15) is 11.9 Å². The Morgan fingerprint density at radius 2 is 2.00 bits per heavy atom. The molecule has 0 saturated heterocycles. The number of ether oxygens (including phenoxy) is 1. The Hall–Kier alpha value is -2.50. The van der Waals surface area contributed by atoms with Gasteiger partial charge in [0.15, 0.2) is 0 Å². The number of benzene rings is 2. The Morgan fingerprint density at radius 1 is 1.27 bits per heavy atom. The fraction of sp³-hybridized carbons (Fsp3) is 0.250. The maximum Gasteiger partial charge on any atom is 0.216 e. The number of hydrogen-bond acceptors (Lipinski definition) is 3. The summed E-state index contributed by atoms with van der Waals surface area (Å²) in [5.41, 5.74) is 3.32. The first-order chi connectivity index (χ1) is 12.5. The molecule has 5 nitrogen and oxygen atoms in total. The third-order valence-electron chi connectivity index (χ3n) is 4.35. The van der Waals surface area contributed by atoms with Crippen LogP contribution in [-0.4, -0.2) is 29.7 Å². The molecule has 0 radical (unpaired) electrons. The molecule has 0 aliphatic heterocycles. The summed E-state index contributed by atoms with van der Waals surface area (Å²) < 4.78 is 5.33. The van der Waals surface area contributed by atoms with Crippen LogP contribution in [-0.2, 0) is 11.2 Å². The highest BCUT2D eigenvalue weighted by Gasteiger charge is 2.20. The number of carbonyl (C=O) groups excluding carboxylic acids is 1. The molecule has 1 heterocycles. The van der Waals surface area contributed by atoms with Gasteiger partial charge in [-0.2, -0.15) is 0 Å². The van der Waals surface area contributed by atoms with Crippen molar-refractivity contribution in [1.29, 1.82) is 0 Å². The van der Waals surface area contributed by atoms with E-state index >= 15 is 0 Å². The van der Waals surface area contributed by atoms with Crippen LogP contribution in [0.2, 0.25) is 5.02 Å². The zero-order valence-corrected chi connectivity index (χ0v) is 15.4. The van der Waals surface area contributed by atoms with Crippen LogP contribution in [0.3, 0.4) is 0 Å². The number of amides is 1. The van der Waals surface area contributed by atoms with Crippen molar-refractivity contribution in [1.82, 2.24) is 10.3 Å². The van der Waals surface area contributed by atoms with E-state index < -0.39 is 6.10 Å². The molecule has 0 bridgehead atoms. The van der Waals surface area contributed by atoms with Gasteiger partial charge in [0.2, 0.25) is 5.91 Å². The number of rotatable bonds is 6. The number of halogens is 1.